The van der Waals surface area contributed by atoms with Gasteiger partial charge in [-0.15, -0.1) is 4.73 Å². The molecule has 2 rings (SSSR count). The van der Waals surface area contributed by atoms with Crippen LogP contribution < -0.4 is 10.0 Å². The molecule has 0 radical (unpaired) electrons. The number of benzene rings is 1. The fourth-order valence-corrected chi connectivity index (χ4v) is 2.43. The number of hydrogen-bond donors (Lipinski definition) is 1. The molecular weight excluding hydrogens is 236 g/mol. The van der Waals surface area contributed by atoms with Crippen LogP contribution in [0.4, 0.5) is 0 Å². The van der Waals surface area contributed by atoms with E-state index in [1.807, 2.05) is 32.9 Å². The number of carbonyl (C=O) groups is 1. The molecule has 90 valence electrons. The molecule has 0 aliphatic heterocycles. The molecule has 0 spiro atoms. The van der Waals surface area contributed by atoms with Crippen molar-refractivity contribution in [3.05, 3.63) is 34.5 Å². The molecule has 0 atom stereocenters. The van der Waals surface area contributed by atoms with E-state index in [1.165, 1.54) is 11.3 Å². The van der Waals surface area contributed by atoms with Crippen LogP contribution >= 0.6 is 11.3 Å². The molecule has 0 saturated carbocycles. The molecule has 1 amide bonds. The molecule has 0 aliphatic carbocycles. The van der Waals surface area contributed by atoms with Gasteiger partial charge >= 0.3 is 10.9 Å². The Morgan fingerprint density at radius 2 is 2.00 bits per heavy atom. The molecule has 0 bridgehead atoms. The van der Waals surface area contributed by atoms with Crippen LogP contribution in [0.15, 0.2) is 24.3 Å². The highest BCUT2D eigenvalue weighted by molar-refractivity contribution is 7.19. The van der Waals surface area contributed by atoms with Gasteiger partial charge in [0.2, 0.25) is 5.52 Å². The smallest absolute Gasteiger partial charge is 0.339 e. The van der Waals surface area contributed by atoms with Gasteiger partial charge in [-0.3, -0.25) is 4.79 Å². The van der Waals surface area contributed by atoms with Gasteiger partial charge in [0.1, 0.15) is 4.70 Å². The number of fused-ring (bicyclic) bond motifs is 1. The lowest BCUT2D eigenvalue weighted by atomic mass is 10.1. The molecule has 0 saturated heterocycles. The average Bonchev–Trinajstić information content (AvgIpc) is 2.55. The zero-order chi connectivity index (χ0) is 12.6. The lowest BCUT2D eigenvalue weighted by Crippen LogP contribution is -2.45. The Morgan fingerprint density at radius 1 is 1.35 bits per heavy atom. The maximum atomic E-state index is 11.9. The first-order valence-corrected chi connectivity index (χ1v) is 6.14. The summed E-state index contributed by atoms with van der Waals surface area (Å²) < 4.78 is 1.52. The number of thiazole rings is 1. The summed E-state index contributed by atoms with van der Waals surface area (Å²) >= 11 is 1.21. The fraction of sp³-hybridized carbons (Fsp3) is 0.333. The van der Waals surface area contributed by atoms with Gasteiger partial charge in [0.25, 0.3) is 0 Å². The Balaban J connectivity index is 2.43. The number of carbonyl (C=O) groups excluding carboxylic acids is 1. The van der Waals surface area contributed by atoms with Crippen molar-refractivity contribution in [2.75, 3.05) is 0 Å². The van der Waals surface area contributed by atoms with E-state index in [1.54, 1.807) is 12.1 Å². The van der Waals surface area contributed by atoms with Crippen molar-refractivity contribution in [2.45, 2.75) is 26.3 Å². The van der Waals surface area contributed by atoms with Crippen molar-refractivity contribution in [2.24, 2.45) is 0 Å². The van der Waals surface area contributed by atoms with Gasteiger partial charge < -0.3 is 10.5 Å². The fourth-order valence-electron chi connectivity index (χ4n) is 1.50. The van der Waals surface area contributed by atoms with E-state index >= 15 is 0 Å². The summed E-state index contributed by atoms with van der Waals surface area (Å²) in [5.74, 6) is -0.325. The quantitative estimate of drug-likeness (QED) is 0.622. The minimum absolute atomic E-state index is 0.182. The molecule has 1 heterocycles. The highest BCUT2D eigenvalue weighted by atomic mass is 32.1. The Morgan fingerprint density at radius 3 is 2.59 bits per heavy atom. The van der Waals surface area contributed by atoms with E-state index in [-0.39, 0.29) is 16.5 Å². The highest BCUT2D eigenvalue weighted by Crippen LogP contribution is 2.20. The molecule has 0 fully saturated rings. The molecule has 4 nitrogen and oxygen atoms in total. The number of rotatable bonds is 1. The molecule has 17 heavy (non-hydrogen) atoms. The third-order valence-electron chi connectivity index (χ3n) is 2.16. The first-order valence-electron chi connectivity index (χ1n) is 5.32. The van der Waals surface area contributed by atoms with E-state index in [2.05, 4.69) is 5.32 Å². The topological polar surface area (TPSA) is 56.0 Å². The van der Waals surface area contributed by atoms with E-state index < -0.39 is 0 Å². The lowest BCUT2D eigenvalue weighted by molar-refractivity contribution is -0.574. The molecule has 0 unspecified atom stereocenters. The van der Waals surface area contributed by atoms with Gasteiger partial charge in [-0.25, -0.2) is 0 Å². The number of hydrogen-bond acceptors (Lipinski definition) is 3. The summed E-state index contributed by atoms with van der Waals surface area (Å²) in [6, 6.07) is 7.19. The van der Waals surface area contributed by atoms with Crippen molar-refractivity contribution in [3.8, 4) is 0 Å². The largest absolute Gasteiger partial charge is 0.617 e. The third kappa shape index (κ3) is 2.39. The summed E-state index contributed by atoms with van der Waals surface area (Å²) in [5, 5.41) is 14.9. The Labute approximate surface area is 103 Å². The van der Waals surface area contributed by atoms with E-state index in [4.69, 9.17) is 0 Å². The second-order valence-corrected chi connectivity index (χ2v) is 5.90. The first kappa shape index (κ1) is 11.9. The first-order chi connectivity index (χ1) is 7.88. The summed E-state index contributed by atoms with van der Waals surface area (Å²) in [5.41, 5.74) is 0.192. The van der Waals surface area contributed by atoms with Crippen molar-refractivity contribution in [1.29, 1.82) is 0 Å². The van der Waals surface area contributed by atoms with Crippen molar-refractivity contribution < 1.29 is 9.52 Å². The molecule has 1 N–H and O–H groups in total. The number of para-hydroxylation sites is 1. The Kier molecular flexibility index (Phi) is 2.79. The Hall–Kier alpha value is -1.62. The van der Waals surface area contributed by atoms with Gasteiger partial charge in [-0.2, -0.15) is 0 Å². The van der Waals surface area contributed by atoms with Crippen LogP contribution in [0.5, 0.6) is 0 Å². The van der Waals surface area contributed by atoms with Crippen LogP contribution in [0.3, 0.4) is 0 Å². The van der Waals surface area contributed by atoms with Crippen molar-refractivity contribution >= 4 is 27.5 Å². The summed E-state index contributed by atoms with van der Waals surface area (Å²) in [6.07, 6.45) is 0. The summed E-state index contributed by atoms with van der Waals surface area (Å²) in [6.45, 7) is 5.65. The van der Waals surface area contributed by atoms with E-state index in [9.17, 15) is 10.0 Å². The van der Waals surface area contributed by atoms with E-state index in [0.717, 1.165) is 4.70 Å². The number of amides is 1. The zero-order valence-corrected chi connectivity index (χ0v) is 10.8. The van der Waals surface area contributed by atoms with Crippen LogP contribution in [0.2, 0.25) is 0 Å². The van der Waals surface area contributed by atoms with Crippen LogP contribution in [-0.4, -0.2) is 11.4 Å². The SMILES string of the molecule is CC(C)(C)NC(=O)c1sc2ccccc2[n+]1[O-]. The second-order valence-electron chi connectivity index (χ2n) is 4.87. The minimum Gasteiger partial charge on any atom is -0.617 e. The predicted octanol–water partition coefficient (Wildman–Crippen LogP) is 2.06. The monoisotopic (exact) mass is 250 g/mol. The molecule has 1 aromatic carbocycles. The van der Waals surface area contributed by atoms with Crippen LogP contribution in [-0.2, 0) is 0 Å². The lowest BCUT2D eigenvalue weighted by Gasteiger charge is -2.18. The number of aromatic nitrogens is 1. The highest BCUT2D eigenvalue weighted by Gasteiger charge is 2.25. The Bertz CT molecular complexity index is 569. The molecular formula is C12H14N2O2S. The molecule has 1 aromatic heterocycles. The van der Waals surface area contributed by atoms with Gasteiger partial charge in [0.15, 0.2) is 0 Å². The third-order valence-corrected chi connectivity index (χ3v) is 3.27. The second kappa shape index (κ2) is 4.00. The maximum absolute atomic E-state index is 11.9. The van der Waals surface area contributed by atoms with Crippen LogP contribution in [0.25, 0.3) is 10.2 Å². The minimum atomic E-state index is -0.347. The number of nitrogens with zero attached hydrogens (tertiary/aromatic N) is 1. The number of nitrogens with one attached hydrogen (secondary N) is 1. The summed E-state index contributed by atoms with van der Waals surface area (Å²) in [4.78, 5) is 11.9. The van der Waals surface area contributed by atoms with Crippen molar-refractivity contribution in [3.63, 3.8) is 0 Å². The van der Waals surface area contributed by atoms with Gasteiger partial charge in [-0.05, 0) is 26.8 Å². The van der Waals surface area contributed by atoms with Crippen molar-refractivity contribution in [1.82, 2.24) is 5.32 Å². The molecule has 2 aromatic rings. The van der Waals surface area contributed by atoms with E-state index in [0.29, 0.717) is 10.2 Å². The predicted molar refractivity (Wildman–Crippen MR) is 68.0 cm³/mol. The van der Waals surface area contributed by atoms with Crippen LogP contribution in [0.1, 0.15) is 30.6 Å². The van der Waals surface area contributed by atoms with Crippen LogP contribution in [0, 0.1) is 5.21 Å². The summed E-state index contributed by atoms with van der Waals surface area (Å²) in [7, 11) is 0. The molecule has 5 heteroatoms. The molecule has 0 aliphatic rings. The van der Waals surface area contributed by atoms with Gasteiger partial charge in [-0.1, -0.05) is 23.5 Å². The maximum Gasteiger partial charge on any atom is 0.339 e. The standard InChI is InChI=1S/C12H14N2O2S/c1-12(2,3)13-10(15)11-14(16)8-6-4-5-7-9(8)17-11/h4-7H,1-3H3,(H,13,15). The zero-order valence-electron chi connectivity index (χ0n) is 9.98. The van der Waals surface area contributed by atoms with Gasteiger partial charge in [0.05, 0.1) is 0 Å². The van der Waals surface area contributed by atoms with Gasteiger partial charge in [0, 0.05) is 11.6 Å². The average molecular weight is 250 g/mol. The normalized spacial score (nSPS) is 11.7.